The molecule has 1 rings (SSSR count). The lowest BCUT2D eigenvalue weighted by Crippen LogP contribution is -2.29. The Kier molecular flexibility index (Phi) is 7.27. The highest BCUT2D eigenvalue weighted by molar-refractivity contribution is 9.10. The summed E-state index contributed by atoms with van der Waals surface area (Å²) < 4.78 is 16.4. The van der Waals surface area contributed by atoms with Gasteiger partial charge in [0, 0.05) is 13.2 Å². The Morgan fingerprint density at radius 1 is 1.28 bits per heavy atom. The molecule has 2 N–H and O–H groups in total. The minimum Gasteiger partial charge on any atom is -0.496 e. The first-order valence-corrected chi connectivity index (χ1v) is 6.61. The lowest BCUT2D eigenvalue weighted by Gasteiger charge is -2.13. The molecular weight excluding hydrogens is 298 g/mol. The highest BCUT2D eigenvalue weighted by Gasteiger charge is 2.07. The SMILES string of the molecule is COCCOCC(N)Cc1ccc(OC)c(Br)c1. The van der Waals surface area contributed by atoms with Crippen LogP contribution in [0.5, 0.6) is 5.75 Å². The molecule has 0 heterocycles. The van der Waals surface area contributed by atoms with Crippen LogP contribution in [-0.4, -0.2) is 40.1 Å². The number of hydrogen-bond acceptors (Lipinski definition) is 4. The summed E-state index contributed by atoms with van der Waals surface area (Å²) in [5.41, 5.74) is 7.15. The number of halogens is 1. The van der Waals surface area contributed by atoms with Gasteiger partial charge in [-0.2, -0.15) is 0 Å². The molecule has 4 nitrogen and oxygen atoms in total. The number of methoxy groups -OCH3 is 2. The monoisotopic (exact) mass is 317 g/mol. The van der Waals surface area contributed by atoms with Crippen LogP contribution in [0.4, 0.5) is 0 Å². The van der Waals surface area contributed by atoms with E-state index in [1.165, 1.54) is 0 Å². The van der Waals surface area contributed by atoms with E-state index in [-0.39, 0.29) is 6.04 Å². The predicted molar refractivity (Wildman–Crippen MR) is 75.1 cm³/mol. The van der Waals surface area contributed by atoms with Crippen LogP contribution < -0.4 is 10.5 Å². The molecule has 0 aromatic heterocycles. The maximum Gasteiger partial charge on any atom is 0.133 e. The molecule has 0 fully saturated rings. The second kappa shape index (κ2) is 8.48. The number of rotatable bonds is 8. The number of benzene rings is 1. The molecule has 0 amide bonds. The van der Waals surface area contributed by atoms with E-state index in [1.807, 2.05) is 18.2 Å². The van der Waals surface area contributed by atoms with Gasteiger partial charge < -0.3 is 19.9 Å². The molecule has 1 unspecified atom stereocenters. The van der Waals surface area contributed by atoms with Crippen molar-refractivity contribution in [2.45, 2.75) is 12.5 Å². The summed E-state index contributed by atoms with van der Waals surface area (Å²) in [6.07, 6.45) is 0.773. The molecule has 0 spiro atoms. The molecular formula is C13H20BrNO3. The second-order valence-electron chi connectivity index (χ2n) is 4.00. The molecule has 0 aliphatic carbocycles. The van der Waals surface area contributed by atoms with Gasteiger partial charge in [0.2, 0.25) is 0 Å². The van der Waals surface area contributed by atoms with Crippen molar-refractivity contribution in [2.24, 2.45) is 5.73 Å². The van der Waals surface area contributed by atoms with Crippen LogP contribution in [0.15, 0.2) is 22.7 Å². The zero-order chi connectivity index (χ0) is 13.4. The summed E-state index contributed by atoms with van der Waals surface area (Å²) in [6, 6.07) is 5.95. The average Bonchev–Trinajstić information content (AvgIpc) is 2.35. The fourth-order valence-corrected chi connectivity index (χ4v) is 2.16. The zero-order valence-electron chi connectivity index (χ0n) is 10.8. The summed E-state index contributed by atoms with van der Waals surface area (Å²) in [5, 5.41) is 0. The molecule has 0 saturated heterocycles. The highest BCUT2D eigenvalue weighted by atomic mass is 79.9. The van der Waals surface area contributed by atoms with Crippen molar-refractivity contribution < 1.29 is 14.2 Å². The van der Waals surface area contributed by atoms with Crippen molar-refractivity contribution in [3.8, 4) is 5.75 Å². The molecule has 1 atom stereocenters. The molecule has 0 radical (unpaired) electrons. The third-order valence-electron chi connectivity index (χ3n) is 2.48. The van der Waals surface area contributed by atoms with E-state index in [0.717, 1.165) is 22.2 Å². The molecule has 1 aromatic carbocycles. The van der Waals surface area contributed by atoms with Crippen LogP contribution in [-0.2, 0) is 15.9 Å². The van der Waals surface area contributed by atoms with Crippen LogP contribution in [0.3, 0.4) is 0 Å². The van der Waals surface area contributed by atoms with Gasteiger partial charge in [0.05, 0.1) is 31.4 Å². The first kappa shape index (κ1) is 15.4. The van der Waals surface area contributed by atoms with Crippen LogP contribution >= 0.6 is 15.9 Å². The van der Waals surface area contributed by atoms with Gasteiger partial charge in [0.1, 0.15) is 5.75 Å². The van der Waals surface area contributed by atoms with E-state index in [0.29, 0.717) is 19.8 Å². The smallest absolute Gasteiger partial charge is 0.133 e. The standard InChI is InChI=1S/C13H20BrNO3/c1-16-5-6-18-9-11(15)7-10-3-4-13(17-2)12(14)8-10/h3-4,8,11H,5-7,9,15H2,1-2H3. The van der Waals surface area contributed by atoms with Gasteiger partial charge in [-0.3, -0.25) is 0 Å². The van der Waals surface area contributed by atoms with Gasteiger partial charge in [0.15, 0.2) is 0 Å². The van der Waals surface area contributed by atoms with Crippen LogP contribution in [0.2, 0.25) is 0 Å². The predicted octanol–water partition coefficient (Wildman–Crippen LogP) is 1.99. The van der Waals surface area contributed by atoms with Gasteiger partial charge in [-0.1, -0.05) is 6.07 Å². The largest absolute Gasteiger partial charge is 0.496 e. The Morgan fingerprint density at radius 3 is 2.67 bits per heavy atom. The summed E-state index contributed by atoms with van der Waals surface area (Å²) >= 11 is 3.46. The number of nitrogens with two attached hydrogens (primary N) is 1. The fraction of sp³-hybridized carbons (Fsp3) is 0.538. The van der Waals surface area contributed by atoms with E-state index in [4.69, 9.17) is 19.9 Å². The third kappa shape index (κ3) is 5.35. The summed E-state index contributed by atoms with van der Waals surface area (Å²) in [4.78, 5) is 0. The molecule has 1 aromatic rings. The number of hydrogen-bond donors (Lipinski definition) is 1. The highest BCUT2D eigenvalue weighted by Crippen LogP contribution is 2.25. The molecule has 18 heavy (non-hydrogen) atoms. The van der Waals surface area contributed by atoms with E-state index < -0.39 is 0 Å². The van der Waals surface area contributed by atoms with E-state index in [9.17, 15) is 0 Å². The van der Waals surface area contributed by atoms with Gasteiger partial charge in [-0.25, -0.2) is 0 Å². The lowest BCUT2D eigenvalue weighted by atomic mass is 10.1. The van der Waals surface area contributed by atoms with Gasteiger partial charge >= 0.3 is 0 Å². The minimum atomic E-state index is -0.0119. The van der Waals surface area contributed by atoms with Gasteiger partial charge in [0.25, 0.3) is 0 Å². The van der Waals surface area contributed by atoms with Crippen LogP contribution in [0.1, 0.15) is 5.56 Å². The Balaban J connectivity index is 2.39. The molecule has 0 saturated carbocycles. The Labute approximate surface area is 117 Å². The maximum absolute atomic E-state index is 6.00. The van der Waals surface area contributed by atoms with Crippen molar-refractivity contribution in [1.29, 1.82) is 0 Å². The molecule has 5 heteroatoms. The summed E-state index contributed by atoms with van der Waals surface area (Å²) in [5.74, 6) is 0.823. The van der Waals surface area contributed by atoms with Crippen molar-refractivity contribution in [3.63, 3.8) is 0 Å². The Morgan fingerprint density at radius 2 is 2.06 bits per heavy atom. The fourth-order valence-electron chi connectivity index (χ4n) is 1.58. The van der Waals surface area contributed by atoms with Gasteiger partial charge in [-0.05, 0) is 40.0 Å². The maximum atomic E-state index is 6.00. The van der Waals surface area contributed by atoms with E-state index >= 15 is 0 Å². The Bertz CT molecular complexity index is 360. The minimum absolute atomic E-state index is 0.0119. The lowest BCUT2D eigenvalue weighted by molar-refractivity contribution is 0.0637. The second-order valence-corrected chi connectivity index (χ2v) is 4.86. The van der Waals surface area contributed by atoms with Crippen molar-refractivity contribution in [3.05, 3.63) is 28.2 Å². The zero-order valence-corrected chi connectivity index (χ0v) is 12.4. The molecule has 0 bridgehead atoms. The quantitative estimate of drug-likeness (QED) is 0.745. The normalized spacial score (nSPS) is 12.4. The first-order chi connectivity index (χ1) is 8.67. The third-order valence-corrected chi connectivity index (χ3v) is 3.10. The molecule has 0 aliphatic rings. The molecule has 102 valence electrons. The summed E-state index contributed by atoms with van der Waals surface area (Å²) in [7, 11) is 3.30. The van der Waals surface area contributed by atoms with Crippen LogP contribution in [0, 0.1) is 0 Å². The average molecular weight is 318 g/mol. The van der Waals surface area contributed by atoms with Crippen molar-refractivity contribution >= 4 is 15.9 Å². The Hall–Kier alpha value is -0.620. The number of ether oxygens (including phenoxy) is 3. The molecule has 0 aliphatic heterocycles. The first-order valence-electron chi connectivity index (χ1n) is 5.82. The topological polar surface area (TPSA) is 53.7 Å². The van der Waals surface area contributed by atoms with E-state index in [2.05, 4.69) is 15.9 Å². The van der Waals surface area contributed by atoms with E-state index in [1.54, 1.807) is 14.2 Å². The van der Waals surface area contributed by atoms with Crippen molar-refractivity contribution in [2.75, 3.05) is 34.0 Å². The van der Waals surface area contributed by atoms with Gasteiger partial charge in [-0.15, -0.1) is 0 Å². The van der Waals surface area contributed by atoms with Crippen LogP contribution in [0.25, 0.3) is 0 Å². The summed E-state index contributed by atoms with van der Waals surface area (Å²) in [6.45, 7) is 1.71. The van der Waals surface area contributed by atoms with Crippen molar-refractivity contribution in [1.82, 2.24) is 0 Å².